The van der Waals surface area contributed by atoms with Gasteiger partial charge in [0.15, 0.2) is 0 Å². The molecule has 2 N–H and O–H groups in total. The maximum atomic E-state index is 10.3. The summed E-state index contributed by atoms with van der Waals surface area (Å²) in [5.74, 6) is 0. The quantitative estimate of drug-likeness (QED) is 0.843. The Kier molecular flexibility index (Phi) is 3.64. The van der Waals surface area contributed by atoms with Gasteiger partial charge in [-0.3, -0.25) is 0 Å². The molecule has 90 valence electrons. The molecule has 0 spiro atoms. The van der Waals surface area contributed by atoms with Crippen molar-refractivity contribution < 1.29 is 9.84 Å². The molecule has 1 aromatic heterocycles. The third-order valence-corrected chi connectivity index (χ3v) is 4.19. The van der Waals surface area contributed by atoms with Gasteiger partial charge in [-0.25, -0.2) is 0 Å². The summed E-state index contributed by atoms with van der Waals surface area (Å²) >= 11 is 1.79. The highest BCUT2D eigenvalue weighted by molar-refractivity contribution is 7.11. The van der Waals surface area contributed by atoms with Gasteiger partial charge in [-0.1, -0.05) is 0 Å². The molecular formula is C12H19NO2S. The van der Waals surface area contributed by atoms with E-state index in [0.29, 0.717) is 13.2 Å². The van der Waals surface area contributed by atoms with Crippen LogP contribution in [0.2, 0.25) is 0 Å². The minimum Gasteiger partial charge on any atom is -0.386 e. The maximum absolute atomic E-state index is 10.3. The van der Waals surface area contributed by atoms with Crippen LogP contribution < -0.4 is 5.32 Å². The fraction of sp³-hybridized carbons (Fsp3) is 0.667. The van der Waals surface area contributed by atoms with Crippen LogP contribution in [0.1, 0.15) is 23.1 Å². The van der Waals surface area contributed by atoms with Crippen molar-refractivity contribution in [1.82, 2.24) is 5.32 Å². The van der Waals surface area contributed by atoms with E-state index in [2.05, 4.69) is 24.4 Å². The molecule has 2 heterocycles. The highest BCUT2D eigenvalue weighted by Crippen LogP contribution is 2.25. The number of nitrogens with one attached hydrogen (secondary N) is 1. The zero-order chi connectivity index (χ0) is 11.6. The van der Waals surface area contributed by atoms with Gasteiger partial charge in [-0.05, 0) is 26.0 Å². The van der Waals surface area contributed by atoms with Crippen molar-refractivity contribution in [3.05, 3.63) is 21.9 Å². The SMILES string of the molecule is Cc1ccc(CNCC2(O)CCOC2C)s1. The molecule has 1 aliphatic heterocycles. The lowest BCUT2D eigenvalue weighted by Crippen LogP contribution is -2.45. The molecule has 1 aromatic rings. The van der Waals surface area contributed by atoms with E-state index in [9.17, 15) is 5.11 Å². The molecule has 16 heavy (non-hydrogen) atoms. The zero-order valence-electron chi connectivity index (χ0n) is 9.82. The molecule has 4 heteroatoms. The summed E-state index contributed by atoms with van der Waals surface area (Å²) in [5, 5.41) is 13.6. The second kappa shape index (κ2) is 4.84. The van der Waals surface area contributed by atoms with Crippen LogP contribution in [0.5, 0.6) is 0 Å². The molecule has 2 atom stereocenters. The number of rotatable bonds is 4. The molecule has 0 saturated carbocycles. The van der Waals surface area contributed by atoms with Crippen molar-refractivity contribution in [2.75, 3.05) is 13.2 Å². The lowest BCUT2D eigenvalue weighted by molar-refractivity contribution is -0.0262. The molecular weight excluding hydrogens is 222 g/mol. The van der Waals surface area contributed by atoms with Crippen LogP contribution in [0.15, 0.2) is 12.1 Å². The Labute approximate surface area is 100 Å². The van der Waals surface area contributed by atoms with Crippen molar-refractivity contribution in [3.63, 3.8) is 0 Å². The molecule has 0 radical (unpaired) electrons. The Balaban J connectivity index is 1.79. The van der Waals surface area contributed by atoms with Gasteiger partial charge in [0.1, 0.15) is 5.60 Å². The molecule has 0 aromatic carbocycles. The molecule has 0 amide bonds. The summed E-state index contributed by atoms with van der Waals surface area (Å²) in [6.07, 6.45) is 0.662. The van der Waals surface area contributed by atoms with Crippen LogP contribution in [0.3, 0.4) is 0 Å². The monoisotopic (exact) mass is 241 g/mol. The van der Waals surface area contributed by atoms with Gasteiger partial charge in [-0.15, -0.1) is 11.3 Å². The first kappa shape index (κ1) is 12.0. The number of hydrogen-bond donors (Lipinski definition) is 2. The van der Waals surface area contributed by atoms with Crippen LogP contribution in [-0.4, -0.2) is 30.0 Å². The van der Waals surface area contributed by atoms with E-state index in [1.165, 1.54) is 9.75 Å². The molecule has 1 saturated heterocycles. The summed E-state index contributed by atoms with van der Waals surface area (Å²) in [6.45, 7) is 6.13. The Bertz CT molecular complexity index is 353. The average molecular weight is 241 g/mol. The molecule has 0 bridgehead atoms. The zero-order valence-corrected chi connectivity index (χ0v) is 10.6. The number of aryl methyl sites for hydroxylation is 1. The topological polar surface area (TPSA) is 41.5 Å². The van der Waals surface area contributed by atoms with Gasteiger partial charge in [0.25, 0.3) is 0 Å². The summed E-state index contributed by atoms with van der Waals surface area (Å²) in [7, 11) is 0. The molecule has 1 aliphatic rings. The van der Waals surface area contributed by atoms with Crippen LogP contribution in [0.4, 0.5) is 0 Å². The van der Waals surface area contributed by atoms with Gasteiger partial charge in [0.2, 0.25) is 0 Å². The van der Waals surface area contributed by atoms with E-state index in [0.717, 1.165) is 13.0 Å². The molecule has 2 unspecified atom stereocenters. The highest BCUT2D eigenvalue weighted by Gasteiger charge is 2.38. The standard InChI is InChI=1S/C12H19NO2S/c1-9-3-4-11(16-9)7-13-8-12(14)5-6-15-10(12)2/h3-4,10,13-14H,5-8H2,1-2H3. The molecule has 1 fully saturated rings. The molecule has 2 rings (SSSR count). The largest absolute Gasteiger partial charge is 0.386 e. The van der Waals surface area contributed by atoms with E-state index in [-0.39, 0.29) is 6.10 Å². The first-order valence-corrected chi connectivity index (χ1v) is 6.52. The van der Waals surface area contributed by atoms with E-state index in [1.54, 1.807) is 11.3 Å². The van der Waals surface area contributed by atoms with Gasteiger partial charge in [0, 0.05) is 35.9 Å². The minimum atomic E-state index is -0.688. The van der Waals surface area contributed by atoms with Gasteiger partial charge >= 0.3 is 0 Å². The van der Waals surface area contributed by atoms with E-state index < -0.39 is 5.60 Å². The Morgan fingerprint density at radius 3 is 3.00 bits per heavy atom. The Hall–Kier alpha value is -0.420. The highest BCUT2D eigenvalue weighted by atomic mass is 32.1. The summed E-state index contributed by atoms with van der Waals surface area (Å²) in [5.41, 5.74) is -0.688. The predicted octanol–water partition coefficient (Wildman–Crippen LogP) is 1.69. The van der Waals surface area contributed by atoms with E-state index in [4.69, 9.17) is 4.74 Å². The lowest BCUT2D eigenvalue weighted by Gasteiger charge is -2.26. The lowest BCUT2D eigenvalue weighted by atomic mass is 9.97. The van der Waals surface area contributed by atoms with Crippen molar-refractivity contribution in [1.29, 1.82) is 0 Å². The van der Waals surface area contributed by atoms with Crippen LogP contribution in [-0.2, 0) is 11.3 Å². The Morgan fingerprint density at radius 2 is 2.44 bits per heavy atom. The number of thiophene rings is 1. The third kappa shape index (κ3) is 2.63. The van der Waals surface area contributed by atoms with Gasteiger partial charge in [0.05, 0.1) is 6.10 Å². The maximum Gasteiger partial charge on any atom is 0.105 e. The van der Waals surface area contributed by atoms with Gasteiger partial charge < -0.3 is 15.2 Å². The van der Waals surface area contributed by atoms with Crippen LogP contribution in [0.25, 0.3) is 0 Å². The summed E-state index contributed by atoms with van der Waals surface area (Å²) in [4.78, 5) is 2.64. The van der Waals surface area contributed by atoms with E-state index >= 15 is 0 Å². The minimum absolute atomic E-state index is 0.0647. The third-order valence-electron chi connectivity index (χ3n) is 3.19. The second-order valence-electron chi connectivity index (χ2n) is 4.48. The number of ether oxygens (including phenoxy) is 1. The van der Waals surface area contributed by atoms with Crippen molar-refractivity contribution in [2.24, 2.45) is 0 Å². The second-order valence-corrected chi connectivity index (χ2v) is 5.85. The molecule has 3 nitrogen and oxygen atoms in total. The van der Waals surface area contributed by atoms with Gasteiger partial charge in [-0.2, -0.15) is 0 Å². The van der Waals surface area contributed by atoms with E-state index in [1.807, 2.05) is 6.92 Å². The van der Waals surface area contributed by atoms with Crippen LogP contribution in [0, 0.1) is 6.92 Å². The number of hydrogen-bond acceptors (Lipinski definition) is 4. The van der Waals surface area contributed by atoms with Crippen molar-refractivity contribution in [3.8, 4) is 0 Å². The summed E-state index contributed by atoms with van der Waals surface area (Å²) < 4.78 is 5.39. The predicted molar refractivity (Wildman–Crippen MR) is 65.7 cm³/mol. The van der Waals surface area contributed by atoms with Crippen molar-refractivity contribution >= 4 is 11.3 Å². The number of aliphatic hydroxyl groups is 1. The first-order chi connectivity index (χ1) is 7.60. The fourth-order valence-corrected chi connectivity index (χ4v) is 2.85. The average Bonchev–Trinajstić information content (AvgIpc) is 2.76. The Morgan fingerprint density at radius 1 is 1.62 bits per heavy atom. The molecule has 0 aliphatic carbocycles. The fourth-order valence-electron chi connectivity index (χ4n) is 1.99. The normalized spacial score (nSPS) is 29.8. The van der Waals surface area contributed by atoms with Crippen molar-refractivity contribution in [2.45, 2.75) is 38.5 Å². The smallest absolute Gasteiger partial charge is 0.105 e. The first-order valence-electron chi connectivity index (χ1n) is 5.70. The summed E-state index contributed by atoms with van der Waals surface area (Å²) in [6, 6.07) is 4.25. The van der Waals surface area contributed by atoms with Crippen LogP contribution >= 0.6 is 11.3 Å².